The van der Waals surface area contributed by atoms with Crippen molar-refractivity contribution < 1.29 is 34.0 Å². The number of hydrogen-bond acceptors (Lipinski definition) is 7. The second-order valence-corrected chi connectivity index (χ2v) is 7.69. The number of pyridine rings is 1. The topological polar surface area (TPSA) is 109 Å². The number of rotatable bonds is 10. The monoisotopic (exact) mass is 447 g/mol. The van der Waals surface area contributed by atoms with E-state index in [0.29, 0.717) is 27.9 Å². The number of methoxy groups -OCH3 is 2. The maximum Gasteiger partial charge on any atom is 0.308 e. The first-order valence-electron chi connectivity index (χ1n) is 10.3. The average Bonchev–Trinajstić information content (AvgIpc) is 2.76. The third-order valence-electron chi connectivity index (χ3n) is 4.99. The highest BCUT2D eigenvalue weighted by Crippen LogP contribution is 2.38. The van der Waals surface area contributed by atoms with Crippen molar-refractivity contribution in [2.75, 3.05) is 14.2 Å². The van der Waals surface area contributed by atoms with Crippen LogP contribution in [0.3, 0.4) is 0 Å². The van der Waals surface area contributed by atoms with Crippen molar-refractivity contribution in [2.24, 2.45) is 0 Å². The smallest absolute Gasteiger partial charge is 0.308 e. The molecular formula is C24H30FNO6. The lowest BCUT2D eigenvalue weighted by atomic mass is 9.90. The molecule has 32 heavy (non-hydrogen) atoms. The van der Waals surface area contributed by atoms with Gasteiger partial charge in [0.1, 0.15) is 5.82 Å². The van der Waals surface area contributed by atoms with Crippen LogP contribution < -0.4 is 4.74 Å². The van der Waals surface area contributed by atoms with Gasteiger partial charge >= 0.3 is 5.97 Å². The van der Waals surface area contributed by atoms with Gasteiger partial charge in [-0.3, -0.25) is 4.79 Å². The van der Waals surface area contributed by atoms with Gasteiger partial charge in [-0.15, -0.1) is 0 Å². The highest BCUT2D eigenvalue weighted by Gasteiger charge is 2.22. The lowest BCUT2D eigenvalue weighted by Gasteiger charge is -2.20. The van der Waals surface area contributed by atoms with E-state index in [1.165, 1.54) is 32.4 Å². The Morgan fingerprint density at radius 2 is 1.84 bits per heavy atom. The van der Waals surface area contributed by atoms with E-state index in [0.717, 1.165) is 0 Å². The van der Waals surface area contributed by atoms with E-state index in [1.807, 2.05) is 13.8 Å². The summed E-state index contributed by atoms with van der Waals surface area (Å²) in [5.41, 5.74) is 3.00. The Hall–Kier alpha value is -2.81. The van der Waals surface area contributed by atoms with Crippen molar-refractivity contribution in [3.63, 3.8) is 0 Å². The fourth-order valence-corrected chi connectivity index (χ4v) is 3.43. The highest BCUT2D eigenvalue weighted by molar-refractivity contribution is 5.81. The molecule has 1 aromatic carbocycles. The summed E-state index contributed by atoms with van der Waals surface area (Å²) in [6.07, 6.45) is 0.753. The molecule has 0 spiro atoms. The zero-order valence-corrected chi connectivity index (χ0v) is 18.7. The number of benzene rings is 1. The first-order valence-corrected chi connectivity index (χ1v) is 10.3. The summed E-state index contributed by atoms with van der Waals surface area (Å²) in [7, 11) is 2.69. The minimum Gasteiger partial charge on any atom is -0.481 e. The molecule has 0 unspecified atom stereocenters. The largest absolute Gasteiger partial charge is 0.481 e. The predicted octanol–water partition coefficient (Wildman–Crippen LogP) is 3.20. The second-order valence-electron chi connectivity index (χ2n) is 7.69. The third kappa shape index (κ3) is 6.35. The van der Waals surface area contributed by atoms with Gasteiger partial charge in [0.05, 0.1) is 45.1 Å². The summed E-state index contributed by atoms with van der Waals surface area (Å²) in [6.45, 7) is 3.54. The van der Waals surface area contributed by atoms with Crippen molar-refractivity contribution >= 4 is 12.0 Å². The average molecular weight is 448 g/mol. The maximum absolute atomic E-state index is 13.5. The SMILES string of the molecule is COC(=O)C[C@H](O)C[C@H](O)C=Cc1c(C(C)C)nc(OC)c(CO)c1-c1ccc(F)cc1. The van der Waals surface area contributed by atoms with Gasteiger partial charge in [-0.25, -0.2) is 9.37 Å². The molecule has 0 amide bonds. The van der Waals surface area contributed by atoms with Crippen LogP contribution in [0.2, 0.25) is 0 Å². The summed E-state index contributed by atoms with van der Waals surface area (Å²) in [5, 5.41) is 30.4. The molecule has 0 saturated carbocycles. The number of aromatic nitrogens is 1. The first kappa shape index (κ1) is 25.5. The van der Waals surface area contributed by atoms with Gasteiger partial charge in [0, 0.05) is 23.1 Å². The third-order valence-corrected chi connectivity index (χ3v) is 4.99. The summed E-state index contributed by atoms with van der Waals surface area (Å²) in [5.74, 6) is -0.725. The van der Waals surface area contributed by atoms with Crippen molar-refractivity contribution in [1.29, 1.82) is 0 Å². The van der Waals surface area contributed by atoms with Crippen LogP contribution in [0.1, 0.15) is 49.4 Å². The number of carbonyl (C=O) groups is 1. The molecule has 1 heterocycles. The van der Waals surface area contributed by atoms with Crippen LogP contribution >= 0.6 is 0 Å². The van der Waals surface area contributed by atoms with Crippen molar-refractivity contribution in [1.82, 2.24) is 4.98 Å². The lowest BCUT2D eigenvalue weighted by Crippen LogP contribution is -2.20. The first-order chi connectivity index (χ1) is 15.2. The molecule has 3 N–H and O–H groups in total. The Balaban J connectivity index is 2.55. The van der Waals surface area contributed by atoms with E-state index < -0.39 is 24.0 Å². The van der Waals surface area contributed by atoms with E-state index in [9.17, 15) is 24.5 Å². The van der Waals surface area contributed by atoms with Gasteiger partial charge in [0.25, 0.3) is 0 Å². The number of aliphatic hydroxyl groups is 3. The highest BCUT2D eigenvalue weighted by atomic mass is 19.1. The van der Waals surface area contributed by atoms with E-state index in [2.05, 4.69) is 9.72 Å². The Kier molecular flexibility index (Phi) is 9.31. The molecule has 0 fully saturated rings. The zero-order valence-electron chi connectivity index (χ0n) is 18.7. The summed E-state index contributed by atoms with van der Waals surface area (Å²) < 4.78 is 23.5. The van der Waals surface area contributed by atoms with Crippen molar-refractivity contribution in [3.8, 4) is 17.0 Å². The molecule has 174 valence electrons. The van der Waals surface area contributed by atoms with Gasteiger partial charge in [-0.2, -0.15) is 0 Å². The number of esters is 1. The fraction of sp³-hybridized carbons (Fsp3) is 0.417. The molecular weight excluding hydrogens is 417 g/mol. The molecule has 0 aliphatic heterocycles. The number of carbonyl (C=O) groups excluding carboxylic acids is 1. The van der Waals surface area contributed by atoms with E-state index >= 15 is 0 Å². The maximum atomic E-state index is 13.5. The number of aliphatic hydroxyl groups excluding tert-OH is 3. The van der Waals surface area contributed by atoms with Crippen molar-refractivity contribution in [3.05, 3.63) is 53.0 Å². The minimum absolute atomic E-state index is 0.0300. The van der Waals surface area contributed by atoms with Crippen LogP contribution in [-0.4, -0.2) is 52.7 Å². The molecule has 1 aromatic heterocycles. The molecule has 2 atom stereocenters. The van der Waals surface area contributed by atoms with Crippen LogP contribution in [0.4, 0.5) is 4.39 Å². The number of hydrogen-bond donors (Lipinski definition) is 3. The molecule has 0 aliphatic rings. The molecule has 0 saturated heterocycles. The standard InChI is InChI=1S/C24H30FNO6/c1-14(2)23-19(10-9-17(28)11-18(29)12-21(30)31-3)22(15-5-7-16(25)8-6-15)20(13-27)24(26-23)32-4/h5-10,14,17-18,27-29H,11-13H2,1-4H3/t17-,18-/m1/s1. The van der Waals surface area contributed by atoms with Crippen LogP contribution in [0, 0.1) is 5.82 Å². The predicted molar refractivity (Wildman–Crippen MR) is 118 cm³/mol. The Labute approximate surface area is 187 Å². The van der Waals surface area contributed by atoms with E-state index in [1.54, 1.807) is 18.2 Å². The molecule has 7 nitrogen and oxygen atoms in total. The second kappa shape index (κ2) is 11.7. The van der Waals surface area contributed by atoms with E-state index in [-0.39, 0.29) is 31.2 Å². The van der Waals surface area contributed by atoms with Crippen LogP contribution in [0.25, 0.3) is 17.2 Å². The Morgan fingerprint density at radius 1 is 1.19 bits per heavy atom. The van der Waals surface area contributed by atoms with Gasteiger partial charge in [-0.1, -0.05) is 38.1 Å². The van der Waals surface area contributed by atoms with Crippen LogP contribution in [0.15, 0.2) is 30.3 Å². The van der Waals surface area contributed by atoms with Gasteiger partial charge < -0.3 is 24.8 Å². The van der Waals surface area contributed by atoms with E-state index in [4.69, 9.17) is 4.74 Å². The fourth-order valence-electron chi connectivity index (χ4n) is 3.43. The Morgan fingerprint density at radius 3 is 2.38 bits per heavy atom. The molecule has 2 aromatic rings. The normalized spacial score (nSPS) is 13.4. The lowest BCUT2D eigenvalue weighted by molar-refractivity contribution is -0.143. The zero-order chi connectivity index (χ0) is 23.8. The molecule has 0 aliphatic carbocycles. The van der Waals surface area contributed by atoms with Crippen LogP contribution in [-0.2, 0) is 16.1 Å². The summed E-state index contributed by atoms with van der Waals surface area (Å²) >= 11 is 0. The molecule has 0 radical (unpaired) electrons. The molecule has 8 heteroatoms. The van der Waals surface area contributed by atoms with Crippen molar-refractivity contribution in [2.45, 2.75) is 51.4 Å². The van der Waals surface area contributed by atoms with Gasteiger partial charge in [-0.05, 0) is 23.6 Å². The van der Waals surface area contributed by atoms with Gasteiger partial charge in [0.2, 0.25) is 5.88 Å². The number of ether oxygens (including phenoxy) is 2. The Bertz CT molecular complexity index is 942. The quantitative estimate of drug-likeness (QED) is 0.480. The molecule has 2 rings (SSSR count). The van der Waals surface area contributed by atoms with Gasteiger partial charge in [0.15, 0.2) is 0 Å². The number of nitrogens with zero attached hydrogens (tertiary/aromatic N) is 1. The summed E-state index contributed by atoms with van der Waals surface area (Å²) in [6, 6.07) is 5.84. The molecule has 0 bridgehead atoms. The summed E-state index contributed by atoms with van der Waals surface area (Å²) in [4.78, 5) is 15.9. The minimum atomic E-state index is -1.06. The number of halogens is 1. The van der Waals surface area contributed by atoms with Crippen LogP contribution in [0.5, 0.6) is 5.88 Å².